The monoisotopic (exact) mass is 640 g/mol. The second kappa shape index (κ2) is 14.2. The summed E-state index contributed by atoms with van der Waals surface area (Å²) in [5, 5.41) is 10.5. The Balaban J connectivity index is 1.55. The van der Waals surface area contributed by atoms with E-state index >= 15 is 0 Å². The van der Waals surface area contributed by atoms with Crippen molar-refractivity contribution in [1.29, 1.82) is 0 Å². The molecular weight excluding hydrogens is 596 g/mol. The minimum absolute atomic E-state index is 0.0741. The summed E-state index contributed by atoms with van der Waals surface area (Å²) in [5.41, 5.74) is 5.18. The molecule has 0 spiro atoms. The van der Waals surface area contributed by atoms with Gasteiger partial charge in [0, 0.05) is 43.2 Å². The molecule has 0 radical (unpaired) electrons. The predicted octanol–water partition coefficient (Wildman–Crippen LogP) is 5.50. The summed E-state index contributed by atoms with van der Waals surface area (Å²) in [5.74, 6) is 0.969. The summed E-state index contributed by atoms with van der Waals surface area (Å²) in [6, 6.07) is 14.0. The summed E-state index contributed by atoms with van der Waals surface area (Å²) in [4.78, 5) is 40.0. The van der Waals surface area contributed by atoms with Gasteiger partial charge in [-0.25, -0.2) is 0 Å². The Morgan fingerprint density at radius 2 is 1.77 bits per heavy atom. The average molecular weight is 641 g/mol. The van der Waals surface area contributed by atoms with Crippen LogP contribution in [0.4, 0.5) is 5.69 Å². The van der Waals surface area contributed by atoms with Crippen LogP contribution in [0.15, 0.2) is 59.5 Å². The van der Waals surface area contributed by atoms with Crippen molar-refractivity contribution >= 4 is 28.4 Å². The van der Waals surface area contributed by atoms with Crippen molar-refractivity contribution in [3.05, 3.63) is 81.6 Å². The highest BCUT2D eigenvalue weighted by molar-refractivity contribution is 5.88. The number of nitrogens with zero attached hydrogens (tertiary/aromatic N) is 1. The highest BCUT2D eigenvalue weighted by atomic mass is 16.5. The number of benzene rings is 2. The van der Waals surface area contributed by atoms with Crippen LogP contribution in [-0.2, 0) is 29.6 Å². The summed E-state index contributed by atoms with van der Waals surface area (Å²) in [6.07, 6.45) is 3.90. The van der Waals surface area contributed by atoms with Crippen molar-refractivity contribution in [2.75, 3.05) is 26.6 Å². The van der Waals surface area contributed by atoms with Gasteiger partial charge in [0.1, 0.15) is 6.04 Å². The van der Waals surface area contributed by atoms with Crippen molar-refractivity contribution in [3.63, 3.8) is 0 Å². The maximum absolute atomic E-state index is 13.9. The van der Waals surface area contributed by atoms with Gasteiger partial charge in [-0.2, -0.15) is 0 Å². The number of ether oxygens (including phenoxy) is 3. The fourth-order valence-corrected chi connectivity index (χ4v) is 6.56. The van der Waals surface area contributed by atoms with Crippen molar-refractivity contribution in [3.8, 4) is 28.4 Å². The van der Waals surface area contributed by atoms with E-state index in [-0.39, 0.29) is 28.8 Å². The lowest BCUT2D eigenvalue weighted by molar-refractivity contribution is -0.123. The van der Waals surface area contributed by atoms with Gasteiger partial charge in [0.15, 0.2) is 11.5 Å². The first-order chi connectivity index (χ1) is 22.6. The summed E-state index contributed by atoms with van der Waals surface area (Å²) in [7, 11) is 6.67. The zero-order valence-corrected chi connectivity index (χ0v) is 28.2. The van der Waals surface area contributed by atoms with Gasteiger partial charge < -0.3 is 34.7 Å². The smallest absolute Gasteiger partial charge is 0.243 e. The van der Waals surface area contributed by atoms with E-state index in [0.717, 1.165) is 39.6 Å². The Labute approximate surface area is 275 Å². The van der Waals surface area contributed by atoms with Crippen LogP contribution >= 0.6 is 0 Å². The zero-order valence-electron chi connectivity index (χ0n) is 28.2. The van der Waals surface area contributed by atoms with Crippen LogP contribution in [0.3, 0.4) is 0 Å². The Bertz CT molecular complexity index is 1870. The highest BCUT2D eigenvalue weighted by Gasteiger charge is 2.30. The number of nitrogens with one attached hydrogen (secondary N) is 3. The fourth-order valence-electron chi connectivity index (χ4n) is 6.56. The molecular formula is C37H44N4O6. The van der Waals surface area contributed by atoms with Crippen molar-refractivity contribution in [1.82, 2.24) is 15.2 Å². The highest BCUT2D eigenvalue weighted by Crippen LogP contribution is 2.50. The third kappa shape index (κ3) is 6.63. The Morgan fingerprint density at radius 1 is 1.02 bits per heavy atom. The van der Waals surface area contributed by atoms with Crippen molar-refractivity contribution < 1.29 is 23.8 Å². The molecule has 1 aliphatic rings. The largest absolute Gasteiger partial charge is 0.493 e. The molecule has 0 fully saturated rings. The molecule has 4 aromatic rings. The molecule has 0 aliphatic heterocycles. The number of carbonyl (C=O) groups is 2. The molecule has 0 saturated carbocycles. The number of rotatable bonds is 11. The molecule has 0 saturated heterocycles. The van der Waals surface area contributed by atoms with Gasteiger partial charge >= 0.3 is 0 Å². The maximum atomic E-state index is 13.9. The van der Waals surface area contributed by atoms with E-state index in [1.807, 2.05) is 68.1 Å². The number of amides is 2. The molecule has 1 aliphatic carbocycles. The second-order valence-corrected chi connectivity index (χ2v) is 12.1. The number of methoxy groups -OCH3 is 3. The van der Waals surface area contributed by atoms with Gasteiger partial charge in [0.25, 0.3) is 0 Å². The Morgan fingerprint density at radius 3 is 2.45 bits per heavy atom. The number of carbonyl (C=O) groups excluding carboxylic acids is 2. The lowest BCUT2D eigenvalue weighted by atomic mass is 9.95. The molecule has 1 heterocycles. The van der Waals surface area contributed by atoms with Gasteiger partial charge in [0.05, 0.1) is 33.1 Å². The predicted molar refractivity (Wildman–Crippen MR) is 184 cm³/mol. The van der Waals surface area contributed by atoms with E-state index in [2.05, 4.69) is 16.0 Å². The summed E-state index contributed by atoms with van der Waals surface area (Å²) in [6.45, 7) is 5.83. The molecule has 3 atom stereocenters. The lowest BCUT2D eigenvalue weighted by Crippen LogP contribution is -2.44. The van der Waals surface area contributed by atoms with Crippen LogP contribution in [0.25, 0.3) is 22.0 Å². The fraction of sp³-hybridized carbons (Fsp3) is 0.378. The van der Waals surface area contributed by atoms with Crippen molar-refractivity contribution in [2.24, 2.45) is 13.0 Å². The number of hydrogen-bond donors (Lipinski definition) is 3. The third-order valence-electron chi connectivity index (χ3n) is 9.16. The third-order valence-corrected chi connectivity index (χ3v) is 9.16. The van der Waals surface area contributed by atoms with Crippen LogP contribution < -0.4 is 35.6 Å². The molecule has 248 valence electrons. The number of anilines is 1. The van der Waals surface area contributed by atoms with Gasteiger partial charge in [-0.05, 0) is 65.3 Å². The van der Waals surface area contributed by atoms with Crippen molar-refractivity contribution in [2.45, 2.75) is 58.7 Å². The molecule has 3 aromatic carbocycles. The SMILES string of the molecule is CC[C@@H](C)[C@H](Nc1ccc2c(cc1=O)[C@@H](NC(C)=O)CCc1cc(OC)c(OC)c(OC)c1-2)C(=O)NCc1cn(C)c2ccccc12. The van der Waals surface area contributed by atoms with E-state index in [0.29, 0.717) is 42.2 Å². The van der Waals surface area contributed by atoms with E-state index in [9.17, 15) is 14.4 Å². The number of fused-ring (bicyclic) bond motifs is 4. The first-order valence-electron chi connectivity index (χ1n) is 16.0. The minimum atomic E-state index is -0.665. The lowest BCUT2D eigenvalue weighted by Gasteiger charge is -2.24. The maximum Gasteiger partial charge on any atom is 0.243 e. The van der Waals surface area contributed by atoms with Crippen LogP contribution in [0.1, 0.15) is 56.3 Å². The van der Waals surface area contributed by atoms with E-state index < -0.39 is 12.1 Å². The molecule has 10 heteroatoms. The Hall–Kier alpha value is -4.99. The molecule has 1 aromatic heterocycles. The van der Waals surface area contributed by atoms with Gasteiger partial charge in [-0.15, -0.1) is 0 Å². The molecule has 5 rings (SSSR count). The molecule has 0 bridgehead atoms. The standard InChI is InChI=1S/C37H44N4O6/c1-8-21(2)34(37(44)38-19-24-20-41(4)30-12-10-9-11-25(24)30)40-29-16-14-26-27(18-31(29)43)28(39-22(3)42)15-13-23-17-32(45-5)35(46-6)36(47-7)33(23)26/h9-12,14,16-18,20-21,28,34H,8,13,15,19H2,1-7H3,(H,38,44)(H,39,42)(H,40,43)/t21-,28+,34+/m1/s1. The second-order valence-electron chi connectivity index (χ2n) is 12.1. The Kier molecular flexibility index (Phi) is 10.1. The average Bonchev–Trinajstić information content (AvgIpc) is 3.20. The first-order valence-corrected chi connectivity index (χ1v) is 16.0. The molecule has 10 nitrogen and oxygen atoms in total. The zero-order chi connectivity index (χ0) is 33.8. The van der Waals surface area contributed by atoms with Gasteiger partial charge in [-0.1, -0.05) is 44.5 Å². The molecule has 2 amide bonds. The number of hydrogen-bond acceptors (Lipinski definition) is 7. The molecule has 0 unspecified atom stereocenters. The molecule has 47 heavy (non-hydrogen) atoms. The van der Waals surface area contributed by atoms with Crippen LogP contribution in [-0.4, -0.2) is 43.8 Å². The van der Waals surface area contributed by atoms with Gasteiger partial charge in [-0.3, -0.25) is 14.4 Å². The van der Waals surface area contributed by atoms with Crippen LogP contribution in [0.2, 0.25) is 0 Å². The van der Waals surface area contributed by atoms with Gasteiger partial charge in [0.2, 0.25) is 23.0 Å². The normalized spacial score (nSPS) is 15.0. The quantitative estimate of drug-likeness (QED) is 0.198. The summed E-state index contributed by atoms with van der Waals surface area (Å²) >= 11 is 0. The number of aryl methyl sites for hydroxylation is 2. The number of para-hydroxylation sites is 1. The van der Waals surface area contributed by atoms with E-state index in [4.69, 9.17) is 14.2 Å². The summed E-state index contributed by atoms with van der Waals surface area (Å²) < 4.78 is 19.3. The van der Waals surface area contributed by atoms with E-state index in [1.165, 1.54) is 6.92 Å². The van der Waals surface area contributed by atoms with E-state index in [1.54, 1.807) is 33.5 Å². The number of aromatic nitrogens is 1. The topological polar surface area (TPSA) is 120 Å². The van der Waals surface area contributed by atoms with Crippen LogP contribution in [0, 0.1) is 5.92 Å². The minimum Gasteiger partial charge on any atom is -0.493 e. The molecule has 3 N–H and O–H groups in total. The first kappa shape index (κ1) is 33.4. The van der Waals surface area contributed by atoms with Crippen LogP contribution in [0.5, 0.6) is 17.2 Å².